The molecule has 2 aromatic heterocycles. The van der Waals surface area contributed by atoms with Gasteiger partial charge in [0.15, 0.2) is 11.6 Å². The lowest BCUT2D eigenvalue weighted by Crippen LogP contribution is -2.01. The molecule has 0 saturated carbocycles. The van der Waals surface area contributed by atoms with E-state index in [1.807, 2.05) is 48.5 Å². The van der Waals surface area contributed by atoms with Gasteiger partial charge < -0.3 is 5.32 Å². The summed E-state index contributed by atoms with van der Waals surface area (Å²) in [5.74, 6) is 1.43. The Kier molecular flexibility index (Phi) is 3.87. The fraction of sp³-hybridized carbons (Fsp3) is 0. The van der Waals surface area contributed by atoms with Crippen LogP contribution in [0.25, 0.3) is 33.2 Å². The van der Waals surface area contributed by atoms with Crippen LogP contribution < -0.4 is 5.32 Å². The number of benzene rings is 3. The van der Waals surface area contributed by atoms with Crippen molar-refractivity contribution in [1.82, 2.24) is 20.2 Å². The van der Waals surface area contributed by atoms with E-state index in [0.29, 0.717) is 22.7 Å². The highest BCUT2D eigenvalue weighted by Crippen LogP contribution is 2.32. The molecule has 0 aliphatic rings. The smallest absolute Gasteiger partial charge is 0.280 e. The van der Waals surface area contributed by atoms with Crippen molar-refractivity contribution in [2.24, 2.45) is 0 Å². The molecule has 0 amide bonds. The van der Waals surface area contributed by atoms with Gasteiger partial charge in [-0.3, -0.25) is 15.2 Å². The van der Waals surface area contributed by atoms with Crippen LogP contribution in [0.4, 0.5) is 17.3 Å². The van der Waals surface area contributed by atoms with E-state index in [1.165, 1.54) is 6.07 Å². The molecule has 3 aromatic carbocycles. The van der Waals surface area contributed by atoms with Crippen LogP contribution in [0.5, 0.6) is 0 Å². The molecule has 5 aromatic rings. The number of H-pyrrole nitrogens is 1. The molecule has 0 aliphatic heterocycles. The second-order valence-electron chi connectivity index (χ2n) is 6.43. The van der Waals surface area contributed by atoms with Gasteiger partial charge in [0, 0.05) is 16.8 Å². The zero-order chi connectivity index (χ0) is 19.8. The number of fused-ring (bicyclic) bond motifs is 2. The molecule has 0 aliphatic carbocycles. The first-order chi connectivity index (χ1) is 14.2. The summed E-state index contributed by atoms with van der Waals surface area (Å²) in [5.41, 5.74) is 1.89. The van der Waals surface area contributed by atoms with E-state index in [2.05, 4.69) is 25.5 Å². The van der Waals surface area contributed by atoms with Gasteiger partial charge in [0.05, 0.1) is 21.5 Å². The first kappa shape index (κ1) is 16.8. The minimum atomic E-state index is -0.428. The molecule has 0 atom stereocenters. The zero-order valence-corrected chi connectivity index (χ0v) is 15.0. The second-order valence-corrected chi connectivity index (χ2v) is 6.43. The lowest BCUT2D eigenvalue weighted by molar-refractivity contribution is -0.384. The number of aromatic nitrogens is 4. The third kappa shape index (κ3) is 2.92. The summed E-state index contributed by atoms with van der Waals surface area (Å²) in [4.78, 5) is 20.2. The van der Waals surface area contributed by atoms with Crippen molar-refractivity contribution in [2.45, 2.75) is 0 Å². The van der Waals surface area contributed by atoms with Crippen LogP contribution in [0.3, 0.4) is 0 Å². The Labute approximate surface area is 164 Å². The largest absolute Gasteiger partial charge is 0.322 e. The van der Waals surface area contributed by atoms with Crippen LogP contribution in [0.2, 0.25) is 0 Å². The minimum Gasteiger partial charge on any atom is -0.322 e. The fourth-order valence-electron chi connectivity index (χ4n) is 3.29. The average Bonchev–Trinajstić information content (AvgIpc) is 3.16. The molecule has 0 fully saturated rings. The van der Waals surface area contributed by atoms with Crippen molar-refractivity contribution in [3.8, 4) is 11.4 Å². The molecule has 8 heteroatoms. The van der Waals surface area contributed by atoms with Crippen LogP contribution in [0.15, 0.2) is 72.8 Å². The maximum atomic E-state index is 11.5. The summed E-state index contributed by atoms with van der Waals surface area (Å²) in [6.07, 6.45) is 0. The molecule has 0 spiro atoms. The molecule has 0 bridgehead atoms. The van der Waals surface area contributed by atoms with E-state index >= 15 is 0 Å². The quantitative estimate of drug-likeness (QED) is 0.340. The van der Waals surface area contributed by atoms with Gasteiger partial charge in [0.1, 0.15) is 5.82 Å². The van der Waals surface area contributed by atoms with Crippen molar-refractivity contribution in [3.05, 3.63) is 82.9 Å². The number of para-hydroxylation sites is 3. The van der Waals surface area contributed by atoms with Gasteiger partial charge in [-0.25, -0.2) is 9.97 Å². The topological polar surface area (TPSA) is 110 Å². The van der Waals surface area contributed by atoms with Crippen LogP contribution >= 0.6 is 0 Å². The van der Waals surface area contributed by atoms with Crippen molar-refractivity contribution in [2.75, 3.05) is 5.32 Å². The number of nitro groups is 1. The molecule has 2 N–H and O–H groups in total. The summed E-state index contributed by atoms with van der Waals surface area (Å²) in [6, 6.07) is 21.7. The third-order valence-corrected chi connectivity index (χ3v) is 4.65. The highest BCUT2D eigenvalue weighted by Gasteiger charge is 2.19. The van der Waals surface area contributed by atoms with Gasteiger partial charge >= 0.3 is 0 Å². The number of aromatic amines is 1. The standard InChI is InChI=1S/C21H14N6O2/c28-27(29)18-12-6-3-9-15(18)20-22-16-10-4-1-7-13(16)19(23-20)24-21-14-8-2-5-11-17(14)25-26-21/h1-12H,(H2,22,23,24,25,26). The van der Waals surface area contributed by atoms with Crippen molar-refractivity contribution in [1.29, 1.82) is 0 Å². The number of nitrogens with one attached hydrogen (secondary N) is 2. The lowest BCUT2D eigenvalue weighted by atomic mass is 10.1. The van der Waals surface area contributed by atoms with E-state index in [0.717, 1.165) is 16.3 Å². The Hall–Kier alpha value is -4.33. The lowest BCUT2D eigenvalue weighted by Gasteiger charge is -2.10. The summed E-state index contributed by atoms with van der Waals surface area (Å²) in [5, 5.41) is 23.8. The Morgan fingerprint density at radius 1 is 0.828 bits per heavy atom. The van der Waals surface area contributed by atoms with E-state index < -0.39 is 4.92 Å². The van der Waals surface area contributed by atoms with Crippen molar-refractivity contribution < 1.29 is 4.92 Å². The summed E-state index contributed by atoms with van der Waals surface area (Å²) < 4.78 is 0. The van der Waals surface area contributed by atoms with E-state index in [4.69, 9.17) is 0 Å². The summed E-state index contributed by atoms with van der Waals surface area (Å²) >= 11 is 0. The number of hydrogen-bond acceptors (Lipinski definition) is 6. The first-order valence-corrected chi connectivity index (χ1v) is 8.91. The van der Waals surface area contributed by atoms with E-state index in [1.54, 1.807) is 18.2 Å². The van der Waals surface area contributed by atoms with Gasteiger partial charge in [-0.2, -0.15) is 5.10 Å². The van der Waals surface area contributed by atoms with Gasteiger partial charge in [-0.15, -0.1) is 0 Å². The Balaban J connectivity index is 1.70. The SMILES string of the molecule is O=[N+]([O-])c1ccccc1-c1nc(Nc2n[nH]c3ccccc23)c2ccccc2n1. The number of nitrogens with zero attached hydrogens (tertiary/aromatic N) is 4. The molecule has 2 heterocycles. The highest BCUT2D eigenvalue weighted by atomic mass is 16.6. The van der Waals surface area contributed by atoms with E-state index in [-0.39, 0.29) is 11.5 Å². The van der Waals surface area contributed by atoms with Gasteiger partial charge in [0.2, 0.25) is 0 Å². The van der Waals surface area contributed by atoms with Crippen LogP contribution in [-0.4, -0.2) is 25.1 Å². The molecule has 140 valence electrons. The number of nitro benzene ring substituents is 1. The summed E-state index contributed by atoms with van der Waals surface area (Å²) in [7, 11) is 0. The highest BCUT2D eigenvalue weighted by molar-refractivity contribution is 5.97. The van der Waals surface area contributed by atoms with Gasteiger partial charge in [-0.05, 0) is 30.3 Å². The van der Waals surface area contributed by atoms with Crippen molar-refractivity contribution in [3.63, 3.8) is 0 Å². The summed E-state index contributed by atoms with van der Waals surface area (Å²) in [6.45, 7) is 0. The third-order valence-electron chi connectivity index (χ3n) is 4.65. The van der Waals surface area contributed by atoms with Gasteiger partial charge in [-0.1, -0.05) is 36.4 Å². The van der Waals surface area contributed by atoms with Crippen molar-refractivity contribution >= 4 is 39.1 Å². The molecule has 0 radical (unpaired) electrons. The Morgan fingerprint density at radius 2 is 1.55 bits per heavy atom. The maximum absolute atomic E-state index is 11.5. The maximum Gasteiger partial charge on any atom is 0.280 e. The first-order valence-electron chi connectivity index (χ1n) is 8.91. The van der Waals surface area contributed by atoms with Crippen LogP contribution in [0.1, 0.15) is 0 Å². The number of hydrogen-bond donors (Lipinski definition) is 2. The predicted molar refractivity (Wildman–Crippen MR) is 111 cm³/mol. The number of anilines is 2. The van der Waals surface area contributed by atoms with E-state index in [9.17, 15) is 10.1 Å². The Morgan fingerprint density at radius 3 is 2.41 bits per heavy atom. The predicted octanol–water partition coefficient (Wildman–Crippen LogP) is 4.82. The fourth-order valence-corrected chi connectivity index (χ4v) is 3.29. The molecule has 8 nitrogen and oxygen atoms in total. The minimum absolute atomic E-state index is 0.0426. The molecule has 0 saturated heterocycles. The Bertz CT molecular complexity index is 1380. The second kappa shape index (κ2) is 6.68. The molecule has 29 heavy (non-hydrogen) atoms. The molecular formula is C21H14N6O2. The van der Waals surface area contributed by atoms with Crippen LogP contribution in [0, 0.1) is 10.1 Å². The number of rotatable bonds is 4. The van der Waals surface area contributed by atoms with Gasteiger partial charge in [0.25, 0.3) is 5.69 Å². The normalized spacial score (nSPS) is 11.0. The molecule has 5 rings (SSSR count). The molecular weight excluding hydrogens is 368 g/mol. The monoisotopic (exact) mass is 382 g/mol. The van der Waals surface area contributed by atoms with Crippen LogP contribution in [-0.2, 0) is 0 Å². The average molecular weight is 382 g/mol. The molecule has 0 unspecified atom stereocenters. The zero-order valence-electron chi connectivity index (χ0n) is 15.0.